The van der Waals surface area contributed by atoms with Crippen LogP contribution < -0.4 is 5.32 Å². The fraction of sp³-hybridized carbons (Fsp3) is 0.143. The lowest BCUT2D eigenvalue weighted by Gasteiger charge is -2.15. The molecule has 0 fully saturated rings. The Morgan fingerprint density at radius 2 is 1.67 bits per heavy atom. The van der Waals surface area contributed by atoms with Crippen LogP contribution in [-0.2, 0) is 9.53 Å². The number of nitrogens with one attached hydrogen (secondary N) is 1. The summed E-state index contributed by atoms with van der Waals surface area (Å²) in [5.41, 5.74) is 3.21. The monoisotopic (exact) mass is 427 g/mol. The van der Waals surface area contributed by atoms with Crippen molar-refractivity contribution in [2.75, 3.05) is 6.61 Å². The van der Waals surface area contributed by atoms with Crippen LogP contribution in [0.15, 0.2) is 75.8 Å². The third-order valence-electron chi connectivity index (χ3n) is 4.00. The molecule has 0 saturated carbocycles. The van der Waals surface area contributed by atoms with Gasteiger partial charge in [0.15, 0.2) is 11.3 Å². The number of ether oxygens (including phenoxy) is 1. The predicted octanol–water partition coefficient (Wildman–Crippen LogP) is 4.74. The standard InChI is InChI=1S/C21H18BrNO4/c1-14(15-7-9-17(10-8-15)16-5-3-2-4-6-16)23-20(24)13-26-21(25)18-11-12-19(22)27-18/h2-12,14H,13H2,1H3,(H,23,24). The van der Waals surface area contributed by atoms with Gasteiger partial charge in [0.05, 0.1) is 6.04 Å². The van der Waals surface area contributed by atoms with Crippen LogP contribution in [0.3, 0.4) is 0 Å². The first kappa shape index (κ1) is 18.9. The predicted molar refractivity (Wildman–Crippen MR) is 105 cm³/mol. The van der Waals surface area contributed by atoms with Crippen molar-refractivity contribution in [2.45, 2.75) is 13.0 Å². The molecule has 27 heavy (non-hydrogen) atoms. The van der Waals surface area contributed by atoms with E-state index in [1.807, 2.05) is 61.5 Å². The first-order chi connectivity index (χ1) is 13.0. The van der Waals surface area contributed by atoms with Crippen LogP contribution in [0.25, 0.3) is 11.1 Å². The molecule has 0 aliphatic rings. The molecular weight excluding hydrogens is 410 g/mol. The quantitative estimate of drug-likeness (QED) is 0.576. The topological polar surface area (TPSA) is 68.5 Å². The number of benzene rings is 2. The number of halogens is 1. The highest BCUT2D eigenvalue weighted by Gasteiger charge is 2.15. The van der Waals surface area contributed by atoms with Crippen LogP contribution in [0, 0.1) is 0 Å². The maximum atomic E-state index is 12.0. The molecule has 0 aliphatic heterocycles. The number of amides is 1. The first-order valence-electron chi connectivity index (χ1n) is 8.40. The van der Waals surface area contributed by atoms with E-state index < -0.39 is 5.97 Å². The third kappa shape index (κ3) is 5.08. The van der Waals surface area contributed by atoms with E-state index in [4.69, 9.17) is 9.15 Å². The summed E-state index contributed by atoms with van der Waals surface area (Å²) < 4.78 is 10.5. The Balaban J connectivity index is 1.52. The number of hydrogen-bond acceptors (Lipinski definition) is 4. The van der Waals surface area contributed by atoms with Gasteiger partial charge in [-0.3, -0.25) is 4.79 Å². The van der Waals surface area contributed by atoms with Crippen LogP contribution in [0.2, 0.25) is 0 Å². The summed E-state index contributed by atoms with van der Waals surface area (Å²) in [4.78, 5) is 23.8. The van der Waals surface area contributed by atoms with Gasteiger partial charge >= 0.3 is 5.97 Å². The van der Waals surface area contributed by atoms with Crippen LogP contribution in [0.4, 0.5) is 0 Å². The second-order valence-corrected chi connectivity index (χ2v) is 6.74. The molecule has 2 aromatic carbocycles. The molecule has 1 amide bonds. The largest absolute Gasteiger partial charge is 0.450 e. The zero-order valence-electron chi connectivity index (χ0n) is 14.6. The summed E-state index contributed by atoms with van der Waals surface area (Å²) in [6, 6.07) is 20.9. The SMILES string of the molecule is CC(NC(=O)COC(=O)c1ccc(Br)o1)c1ccc(-c2ccccc2)cc1. The Bertz CT molecular complexity index is 919. The van der Waals surface area contributed by atoms with Crippen molar-refractivity contribution >= 4 is 27.8 Å². The molecule has 5 nitrogen and oxygen atoms in total. The summed E-state index contributed by atoms with van der Waals surface area (Å²) in [7, 11) is 0. The van der Waals surface area contributed by atoms with Crippen molar-refractivity contribution in [1.82, 2.24) is 5.32 Å². The van der Waals surface area contributed by atoms with Crippen LogP contribution >= 0.6 is 15.9 Å². The fourth-order valence-electron chi connectivity index (χ4n) is 2.59. The Morgan fingerprint density at radius 3 is 2.30 bits per heavy atom. The summed E-state index contributed by atoms with van der Waals surface area (Å²) >= 11 is 3.11. The van der Waals surface area contributed by atoms with Gasteiger partial charge in [-0.05, 0) is 51.7 Å². The highest BCUT2D eigenvalue weighted by molar-refractivity contribution is 9.10. The Hall–Kier alpha value is -2.86. The van der Waals surface area contributed by atoms with Crippen LogP contribution in [0.5, 0.6) is 0 Å². The van der Waals surface area contributed by atoms with Crippen molar-refractivity contribution in [3.8, 4) is 11.1 Å². The lowest BCUT2D eigenvalue weighted by molar-refractivity contribution is -0.124. The normalized spacial score (nSPS) is 11.6. The van der Waals surface area contributed by atoms with Gasteiger partial charge in [0.2, 0.25) is 5.76 Å². The van der Waals surface area contributed by atoms with Gasteiger partial charge in [0.1, 0.15) is 0 Å². The van der Waals surface area contributed by atoms with Crippen molar-refractivity contribution in [3.05, 3.63) is 82.7 Å². The molecule has 0 aliphatic carbocycles. The number of rotatable bonds is 6. The van der Waals surface area contributed by atoms with Gasteiger partial charge in [0, 0.05) is 0 Å². The molecule has 3 rings (SSSR count). The third-order valence-corrected chi connectivity index (χ3v) is 4.43. The Morgan fingerprint density at radius 1 is 1.00 bits per heavy atom. The zero-order chi connectivity index (χ0) is 19.2. The van der Waals surface area contributed by atoms with Crippen LogP contribution in [0.1, 0.15) is 29.1 Å². The van der Waals surface area contributed by atoms with Gasteiger partial charge in [-0.1, -0.05) is 54.6 Å². The summed E-state index contributed by atoms with van der Waals surface area (Å²) in [5, 5.41) is 2.81. The first-order valence-corrected chi connectivity index (χ1v) is 9.19. The second kappa shape index (κ2) is 8.68. The molecule has 0 saturated heterocycles. The van der Waals surface area contributed by atoms with Crippen molar-refractivity contribution in [3.63, 3.8) is 0 Å². The maximum absolute atomic E-state index is 12.0. The lowest BCUT2D eigenvalue weighted by atomic mass is 10.0. The number of esters is 1. The van der Waals surface area contributed by atoms with Crippen molar-refractivity contribution < 1.29 is 18.7 Å². The average Bonchev–Trinajstić information content (AvgIpc) is 3.13. The highest BCUT2D eigenvalue weighted by atomic mass is 79.9. The van der Waals surface area contributed by atoms with Gasteiger partial charge in [-0.15, -0.1) is 0 Å². The smallest absolute Gasteiger partial charge is 0.374 e. The number of carbonyl (C=O) groups is 2. The maximum Gasteiger partial charge on any atom is 0.374 e. The van der Waals surface area contributed by atoms with Gasteiger partial charge in [0.25, 0.3) is 5.91 Å². The van der Waals surface area contributed by atoms with E-state index in [-0.39, 0.29) is 24.3 Å². The average molecular weight is 428 g/mol. The molecule has 3 aromatic rings. The van der Waals surface area contributed by atoms with E-state index >= 15 is 0 Å². The van der Waals surface area contributed by atoms with E-state index in [1.165, 1.54) is 6.07 Å². The number of hydrogen-bond donors (Lipinski definition) is 1. The Labute approximate surface area is 165 Å². The zero-order valence-corrected chi connectivity index (χ0v) is 16.2. The molecule has 0 spiro atoms. The number of furan rings is 1. The molecule has 1 atom stereocenters. The van der Waals surface area contributed by atoms with Crippen molar-refractivity contribution in [2.24, 2.45) is 0 Å². The molecule has 0 bridgehead atoms. The van der Waals surface area contributed by atoms with Crippen molar-refractivity contribution in [1.29, 1.82) is 0 Å². The fourth-order valence-corrected chi connectivity index (χ4v) is 2.89. The van der Waals surface area contributed by atoms with Crippen LogP contribution in [-0.4, -0.2) is 18.5 Å². The minimum absolute atomic E-state index is 0.0409. The minimum atomic E-state index is -0.685. The van der Waals surface area contributed by atoms with E-state index in [9.17, 15) is 9.59 Å². The summed E-state index contributed by atoms with van der Waals surface area (Å²) in [6.45, 7) is 1.50. The Kier molecular flexibility index (Phi) is 6.08. The molecule has 6 heteroatoms. The highest BCUT2D eigenvalue weighted by Crippen LogP contribution is 2.21. The van der Waals surface area contributed by atoms with Gasteiger partial charge in [-0.25, -0.2) is 4.79 Å². The van der Waals surface area contributed by atoms with Gasteiger partial charge < -0.3 is 14.5 Å². The number of carbonyl (C=O) groups excluding carboxylic acids is 2. The second-order valence-electron chi connectivity index (χ2n) is 5.96. The molecule has 1 heterocycles. The lowest BCUT2D eigenvalue weighted by Crippen LogP contribution is -2.31. The molecule has 1 aromatic heterocycles. The summed E-state index contributed by atoms with van der Waals surface area (Å²) in [6.07, 6.45) is 0. The summed E-state index contributed by atoms with van der Waals surface area (Å²) in [5.74, 6) is -1.02. The van der Waals surface area contributed by atoms with E-state index in [1.54, 1.807) is 6.07 Å². The molecule has 138 valence electrons. The molecule has 1 unspecified atom stereocenters. The molecular formula is C21H18BrNO4. The van der Waals surface area contributed by atoms with E-state index in [2.05, 4.69) is 21.2 Å². The molecule has 1 N–H and O–H groups in total. The van der Waals surface area contributed by atoms with E-state index in [0.29, 0.717) is 4.67 Å². The minimum Gasteiger partial charge on any atom is -0.450 e. The molecule has 0 radical (unpaired) electrons. The van der Waals surface area contributed by atoms with Gasteiger partial charge in [-0.2, -0.15) is 0 Å². The van der Waals surface area contributed by atoms with E-state index in [0.717, 1.165) is 16.7 Å².